The van der Waals surface area contributed by atoms with Gasteiger partial charge in [-0.05, 0) is 26.3 Å². The summed E-state index contributed by atoms with van der Waals surface area (Å²) in [6.07, 6.45) is 0.713. The standard InChI is InChI=1S/C17H23N5O3/c1-9(2)22-6-5-11(16(22)23)19-17-20-12-8-14(25-4)13(24-3)7-10(12)15(18)21-17/h7-9,11H,5-6H2,1-4H3,(H3,18,19,20,21)/t11-/m0/s1. The van der Waals surface area contributed by atoms with Gasteiger partial charge in [0.25, 0.3) is 0 Å². The lowest BCUT2D eigenvalue weighted by Crippen LogP contribution is -2.37. The van der Waals surface area contributed by atoms with Crippen molar-refractivity contribution in [3.63, 3.8) is 0 Å². The highest BCUT2D eigenvalue weighted by Gasteiger charge is 2.33. The summed E-state index contributed by atoms with van der Waals surface area (Å²) in [7, 11) is 3.12. The molecule has 1 aliphatic heterocycles. The average molecular weight is 345 g/mol. The lowest BCUT2D eigenvalue weighted by atomic mass is 10.2. The Hall–Kier alpha value is -2.77. The van der Waals surface area contributed by atoms with Gasteiger partial charge in [-0.25, -0.2) is 4.98 Å². The van der Waals surface area contributed by atoms with Gasteiger partial charge in [0.05, 0.1) is 19.7 Å². The Bertz CT molecular complexity index is 808. The van der Waals surface area contributed by atoms with E-state index in [0.29, 0.717) is 40.6 Å². The zero-order valence-electron chi connectivity index (χ0n) is 14.9. The van der Waals surface area contributed by atoms with E-state index in [0.717, 1.165) is 6.54 Å². The lowest BCUT2D eigenvalue weighted by Gasteiger charge is -2.21. The molecule has 8 nitrogen and oxygen atoms in total. The first-order chi connectivity index (χ1) is 11.9. The third-order valence-electron chi connectivity index (χ3n) is 4.40. The number of ether oxygens (including phenoxy) is 2. The molecule has 1 fully saturated rings. The quantitative estimate of drug-likeness (QED) is 0.849. The molecule has 0 saturated carbocycles. The number of nitrogen functional groups attached to an aromatic ring is 1. The second-order valence-electron chi connectivity index (χ2n) is 6.27. The maximum absolute atomic E-state index is 12.4. The molecule has 134 valence electrons. The predicted molar refractivity (Wildman–Crippen MR) is 95.9 cm³/mol. The summed E-state index contributed by atoms with van der Waals surface area (Å²) < 4.78 is 10.6. The SMILES string of the molecule is COc1cc2nc(N[C@H]3CCN(C(C)C)C3=O)nc(N)c2cc1OC. The van der Waals surface area contributed by atoms with Gasteiger partial charge in [-0.3, -0.25) is 4.79 Å². The molecule has 1 aromatic carbocycles. The maximum Gasteiger partial charge on any atom is 0.245 e. The molecule has 0 radical (unpaired) electrons. The number of benzene rings is 1. The van der Waals surface area contributed by atoms with E-state index in [1.54, 1.807) is 26.4 Å². The first kappa shape index (κ1) is 17.1. The van der Waals surface area contributed by atoms with Gasteiger partial charge < -0.3 is 25.4 Å². The number of rotatable bonds is 5. The molecule has 0 unspecified atom stereocenters. The van der Waals surface area contributed by atoms with E-state index in [-0.39, 0.29) is 18.0 Å². The third kappa shape index (κ3) is 3.11. The number of aromatic nitrogens is 2. The van der Waals surface area contributed by atoms with E-state index in [1.807, 2.05) is 18.7 Å². The largest absolute Gasteiger partial charge is 0.493 e. The topological polar surface area (TPSA) is 103 Å². The number of hydrogen-bond acceptors (Lipinski definition) is 7. The summed E-state index contributed by atoms with van der Waals surface area (Å²) in [5.41, 5.74) is 6.70. The van der Waals surface area contributed by atoms with Gasteiger partial charge in [0, 0.05) is 24.0 Å². The van der Waals surface area contributed by atoms with E-state index in [4.69, 9.17) is 15.2 Å². The van der Waals surface area contributed by atoms with Crippen LogP contribution in [0.1, 0.15) is 20.3 Å². The van der Waals surface area contributed by atoms with Crippen molar-refractivity contribution in [2.75, 3.05) is 31.8 Å². The van der Waals surface area contributed by atoms with E-state index in [2.05, 4.69) is 15.3 Å². The molecule has 0 aliphatic carbocycles. The molecular formula is C17H23N5O3. The van der Waals surface area contributed by atoms with Crippen LogP contribution in [0.3, 0.4) is 0 Å². The number of carbonyl (C=O) groups excluding carboxylic acids is 1. The number of nitrogens with one attached hydrogen (secondary N) is 1. The second kappa shape index (κ2) is 6.62. The third-order valence-corrected chi connectivity index (χ3v) is 4.40. The first-order valence-electron chi connectivity index (χ1n) is 8.21. The first-order valence-corrected chi connectivity index (χ1v) is 8.21. The number of fused-ring (bicyclic) bond motifs is 1. The molecule has 1 amide bonds. The number of likely N-dealkylation sites (tertiary alicyclic amines) is 1. The highest BCUT2D eigenvalue weighted by molar-refractivity contribution is 5.92. The van der Waals surface area contributed by atoms with Crippen LogP contribution >= 0.6 is 0 Å². The van der Waals surface area contributed by atoms with E-state index < -0.39 is 0 Å². The summed E-state index contributed by atoms with van der Waals surface area (Å²) in [6.45, 7) is 4.73. The average Bonchev–Trinajstić information content (AvgIpc) is 2.94. The molecule has 2 heterocycles. The summed E-state index contributed by atoms with van der Waals surface area (Å²) in [5, 5.41) is 3.78. The molecule has 8 heteroatoms. The number of nitrogens with zero attached hydrogens (tertiary/aromatic N) is 3. The van der Waals surface area contributed by atoms with Crippen LogP contribution in [0.2, 0.25) is 0 Å². The van der Waals surface area contributed by atoms with Crippen LogP contribution in [0.25, 0.3) is 10.9 Å². The predicted octanol–water partition coefficient (Wildman–Crippen LogP) is 1.65. The van der Waals surface area contributed by atoms with Crippen LogP contribution in [-0.2, 0) is 4.79 Å². The Kier molecular flexibility index (Phi) is 4.52. The fourth-order valence-electron chi connectivity index (χ4n) is 3.05. The number of amides is 1. The molecule has 1 atom stereocenters. The fraction of sp³-hybridized carbons (Fsp3) is 0.471. The van der Waals surface area contributed by atoms with Crippen molar-refractivity contribution in [1.82, 2.24) is 14.9 Å². The highest BCUT2D eigenvalue weighted by atomic mass is 16.5. The minimum atomic E-state index is -0.334. The van der Waals surface area contributed by atoms with E-state index in [1.165, 1.54) is 0 Å². The molecule has 0 bridgehead atoms. The Morgan fingerprint density at radius 1 is 1.24 bits per heavy atom. The normalized spacial score (nSPS) is 17.4. The van der Waals surface area contributed by atoms with Gasteiger partial charge in [0.2, 0.25) is 11.9 Å². The van der Waals surface area contributed by atoms with Crippen molar-refractivity contribution in [3.05, 3.63) is 12.1 Å². The molecule has 1 saturated heterocycles. The van der Waals surface area contributed by atoms with Gasteiger partial charge >= 0.3 is 0 Å². The van der Waals surface area contributed by atoms with Crippen LogP contribution in [0.5, 0.6) is 11.5 Å². The van der Waals surface area contributed by atoms with Crippen molar-refractivity contribution < 1.29 is 14.3 Å². The highest BCUT2D eigenvalue weighted by Crippen LogP contribution is 2.33. The molecule has 3 N–H and O–H groups in total. The summed E-state index contributed by atoms with van der Waals surface area (Å²) in [4.78, 5) is 23.0. The molecule has 1 aromatic heterocycles. The summed E-state index contributed by atoms with van der Waals surface area (Å²) in [6, 6.07) is 3.33. The van der Waals surface area contributed by atoms with Crippen molar-refractivity contribution in [1.29, 1.82) is 0 Å². The van der Waals surface area contributed by atoms with Gasteiger partial charge in [-0.2, -0.15) is 4.98 Å². The maximum atomic E-state index is 12.4. The number of carbonyl (C=O) groups is 1. The molecular weight excluding hydrogens is 322 g/mol. The Balaban J connectivity index is 1.92. The van der Waals surface area contributed by atoms with Crippen LogP contribution in [-0.4, -0.2) is 53.6 Å². The Morgan fingerprint density at radius 3 is 2.52 bits per heavy atom. The number of hydrogen-bond donors (Lipinski definition) is 2. The van der Waals surface area contributed by atoms with Crippen LogP contribution in [0, 0.1) is 0 Å². The van der Waals surface area contributed by atoms with Gasteiger partial charge in [0.15, 0.2) is 11.5 Å². The van der Waals surface area contributed by atoms with Crippen LogP contribution in [0.4, 0.5) is 11.8 Å². The van der Waals surface area contributed by atoms with Crippen molar-refractivity contribution in [2.45, 2.75) is 32.4 Å². The van der Waals surface area contributed by atoms with Gasteiger partial charge in [-0.1, -0.05) is 0 Å². The van der Waals surface area contributed by atoms with E-state index >= 15 is 0 Å². The van der Waals surface area contributed by atoms with Crippen molar-refractivity contribution in [3.8, 4) is 11.5 Å². The molecule has 3 rings (SSSR count). The number of methoxy groups -OCH3 is 2. The number of anilines is 2. The molecule has 0 spiro atoms. The minimum absolute atomic E-state index is 0.0598. The van der Waals surface area contributed by atoms with Crippen LogP contribution < -0.4 is 20.5 Å². The zero-order chi connectivity index (χ0) is 18.1. The van der Waals surface area contributed by atoms with Gasteiger partial charge in [-0.15, -0.1) is 0 Å². The van der Waals surface area contributed by atoms with Crippen LogP contribution in [0.15, 0.2) is 12.1 Å². The smallest absolute Gasteiger partial charge is 0.245 e. The van der Waals surface area contributed by atoms with Crippen molar-refractivity contribution >= 4 is 28.6 Å². The summed E-state index contributed by atoms with van der Waals surface area (Å²) in [5.74, 6) is 1.83. The molecule has 25 heavy (non-hydrogen) atoms. The van der Waals surface area contributed by atoms with Gasteiger partial charge in [0.1, 0.15) is 11.9 Å². The monoisotopic (exact) mass is 345 g/mol. The molecule has 2 aromatic rings. The molecule has 1 aliphatic rings. The number of nitrogens with two attached hydrogens (primary N) is 1. The summed E-state index contributed by atoms with van der Waals surface area (Å²) >= 11 is 0. The minimum Gasteiger partial charge on any atom is -0.493 e. The van der Waals surface area contributed by atoms with Crippen molar-refractivity contribution in [2.24, 2.45) is 0 Å². The Morgan fingerprint density at radius 2 is 1.92 bits per heavy atom. The second-order valence-corrected chi connectivity index (χ2v) is 6.27. The zero-order valence-corrected chi connectivity index (χ0v) is 14.9. The Labute approximate surface area is 146 Å². The van der Waals surface area contributed by atoms with E-state index in [9.17, 15) is 4.79 Å². The fourth-order valence-corrected chi connectivity index (χ4v) is 3.05. The lowest BCUT2D eigenvalue weighted by molar-refractivity contribution is -0.129.